The smallest absolute Gasteiger partial charge is 0.337 e. The maximum Gasteiger partial charge on any atom is 0.337 e. The molecule has 0 aliphatic rings. The van der Waals surface area contributed by atoms with Crippen molar-refractivity contribution in [1.29, 1.82) is 5.26 Å². The molecule has 0 N–H and O–H groups in total. The molecule has 0 unspecified atom stereocenters. The molecule has 0 saturated heterocycles. The summed E-state index contributed by atoms with van der Waals surface area (Å²) in [5.41, 5.74) is 1.07. The minimum atomic E-state index is -0.610. The molecule has 4 nitrogen and oxygen atoms in total. The molecule has 2 aromatic rings. The lowest BCUT2D eigenvalue weighted by Crippen LogP contribution is -2.02. The Morgan fingerprint density at radius 2 is 2.16 bits per heavy atom. The molecule has 0 aliphatic carbocycles. The van der Waals surface area contributed by atoms with E-state index in [1.165, 1.54) is 31.6 Å². The number of halogens is 1. The fourth-order valence-corrected chi connectivity index (χ4v) is 1.70. The van der Waals surface area contributed by atoms with Gasteiger partial charge in [-0.05, 0) is 18.2 Å². The molecule has 1 heterocycles. The SMILES string of the molecule is COC(=O)c1ccc(-c2ccncc2C#N)c(F)c1. The van der Waals surface area contributed by atoms with Crippen LogP contribution in [0.2, 0.25) is 0 Å². The zero-order valence-corrected chi connectivity index (χ0v) is 10.1. The van der Waals surface area contributed by atoms with E-state index in [0.29, 0.717) is 5.56 Å². The lowest BCUT2D eigenvalue weighted by Gasteiger charge is -2.06. The number of methoxy groups -OCH3 is 1. The summed E-state index contributed by atoms with van der Waals surface area (Å²) in [7, 11) is 1.23. The van der Waals surface area contributed by atoms with E-state index in [0.717, 1.165) is 6.07 Å². The van der Waals surface area contributed by atoms with Gasteiger partial charge in [0.15, 0.2) is 0 Å². The summed E-state index contributed by atoms with van der Waals surface area (Å²) in [5, 5.41) is 8.96. The van der Waals surface area contributed by atoms with Crippen LogP contribution in [0.5, 0.6) is 0 Å². The van der Waals surface area contributed by atoms with Crippen molar-refractivity contribution in [3.05, 3.63) is 53.6 Å². The van der Waals surface area contributed by atoms with Crippen LogP contribution < -0.4 is 0 Å². The highest BCUT2D eigenvalue weighted by Crippen LogP contribution is 2.26. The van der Waals surface area contributed by atoms with Crippen molar-refractivity contribution in [2.45, 2.75) is 0 Å². The zero-order chi connectivity index (χ0) is 13.8. The largest absolute Gasteiger partial charge is 0.465 e. The van der Waals surface area contributed by atoms with Crippen LogP contribution in [0.15, 0.2) is 36.7 Å². The number of aromatic nitrogens is 1. The first kappa shape index (κ1) is 12.7. The van der Waals surface area contributed by atoms with E-state index in [2.05, 4.69) is 9.72 Å². The Morgan fingerprint density at radius 3 is 2.79 bits per heavy atom. The van der Waals surface area contributed by atoms with E-state index in [-0.39, 0.29) is 16.7 Å². The zero-order valence-electron chi connectivity index (χ0n) is 10.1. The Bertz CT molecular complexity index is 677. The second kappa shape index (κ2) is 5.27. The number of carbonyl (C=O) groups is 1. The van der Waals surface area contributed by atoms with Crippen LogP contribution in [0.4, 0.5) is 4.39 Å². The van der Waals surface area contributed by atoms with E-state index in [1.54, 1.807) is 6.07 Å². The summed E-state index contributed by atoms with van der Waals surface area (Å²) in [4.78, 5) is 15.1. The Balaban J connectivity index is 2.53. The maximum absolute atomic E-state index is 14.0. The molecule has 0 amide bonds. The van der Waals surface area contributed by atoms with Gasteiger partial charge in [0.25, 0.3) is 0 Å². The molecule has 0 bridgehead atoms. The minimum Gasteiger partial charge on any atom is -0.465 e. The van der Waals surface area contributed by atoms with Gasteiger partial charge in [-0.1, -0.05) is 6.07 Å². The summed E-state index contributed by atoms with van der Waals surface area (Å²) < 4.78 is 18.5. The molecule has 0 spiro atoms. The number of ether oxygens (including phenoxy) is 1. The fourth-order valence-electron chi connectivity index (χ4n) is 1.70. The molecule has 0 atom stereocenters. The lowest BCUT2D eigenvalue weighted by atomic mass is 10.0. The van der Waals surface area contributed by atoms with Crippen LogP contribution in [0.1, 0.15) is 15.9 Å². The van der Waals surface area contributed by atoms with E-state index in [4.69, 9.17) is 5.26 Å². The molecule has 1 aromatic carbocycles. The Labute approximate surface area is 109 Å². The van der Waals surface area contributed by atoms with Crippen molar-refractivity contribution in [3.8, 4) is 17.2 Å². The normalized spacial score (nSPS) is 9.74. The van der Waals surface area contributed by atoms with Crippen LogP contribution >= 0.6 is 0 Å². The van der Waals surface area contributed by atoms with Gasteiger partial charge in [-0.25, -0.2) is 9.18 Å². The minimum absolute atomic E-state index is 0.122. The van der Waals surface area contributed by atoms with Crippen LogP contribution in [0.25, 0.3) is 11.1 Å². The number of pyridine rings is 1. The predicted molar refractivity (Wildman–Crippen MR) is 65.7 cm³/mol. The molecule has 1 aromatic heterocycles. The number of carbonyl (C=O) groups excluding carboxylic acids is 1. The number of rotatable bonds is 2. The Morgan fingerprint density at radius 1 is 1.37 bits per heavy atom. The highest BCUT2D eigenvalue weighted by atomic mass is 19.1. The van der Waals surface area contributed by atoms with Crippen LogP contribution in [-0.2, 0) is 4.74 Å². The molecular weight excluding hydrogens is 247 g/mol. The number of nitriles is 1. The third kappa shape index (κ3) is 2.43. The van der Waals surface area contributed by atoms with Crippen molar-refractivity contribution >= 4 is 5.97 Å². The standard InChI is InChI=1S/C14H9FN2O2/c1-19-14(18)9-2-3-12(13(15)6-9)11-4-5-17-8-10(11)7-16/h2-6,8H,1H3. The third-order valence-electron chi connectivity index (χ3n) is 2.62. The first-order valence-corrected chi connectivity index (χ1v) is 5.39. The number of hydrogen-bond acceptors (Lipinski definition) is 4. The van der Waals surface area contributed by atoms with Crippen molar-refractivity contribution in [2.24, 2.45) is 0 Å². The summed E-state index contributed by atoms with van der Waals surface area (Å²) in [6.45, 7) is 0. The molecule has 0 fully saturated rings. The van der Waals surface area contributed by atoms with Crippen LogP contribution in [0, 0.1) is 17.1 Å². The second-order valence-electron chi connectivity index (χ2n) is 3.72. The van der Waals surface area contributed by atoms with E-state index >= 15 is 0 Å². The van der Waals surface area contributed by atoms with Gasteiger partial charge in [-0.3, -0.25) is 4.98 Å². The molecule has 0 saturated carbocycles. The highest BCUT2D eigenvalue weighted by Gasteiger charge is 2.13. The van der Waals surface area contributed by atoms with Crippen molar-refractivity contribution in [2.75, 3.05) is 7.11 Å². The summed E-state index contributed by atoms with van der Waals surface area (Å²) in [6.07, 6.45) is 2.84. The topological polar surface area (TPSA) is 63.0 Å². The number of esters is 1. The molecule has 2 rings (SSSR count). The third-order valence-corrected chi connectivity index (χ3v) is 2.62. The summed E-state index contributed by atoms with van der Waals surface area (Å²) in [6, 6.07) is 7.48. The van der Waals surface area contributed by atoms with E-state index < -0.39 is 11.8 Å². The maximum atomic E-state index is 14.0. The Kier molecular flexibility index (Phi) is 3.53. The quantitative estimate of drug-likeness (QED) is 0.774. The van der Waals surface area contributed by atoms with Gasteiger partial charge in [0.2, 0.25) is 0 Å². The summed E-state index contributed by atoms with van der Waals surface area (Å²) in [5.74, 6) is -1.20. The van der Waals surface area contributed by atoms with Gasteiger partial charge in [-0.2, -0.15) is 5.26 Å². The monoisotopic (exact) mass is 256 g/mol. The summed E-state index contributed by atoms with van der Waals surface area (Å²) >= 11 is 0. The highest BCUT2D eigenvalue weighted by molar-refractivity contribution is 5.90. The first-order chi connectivity index (χ1) is 9.17. The van der Waals surface area contributed by atoms with Gasteiger partial charge in [0.05, 0.1) is 18.2 Å². The van der Waals surface area contributed by atoms with Crippen LogP contribution in [0.3, 0.4) is 0 Å². The number of benzene rings is 1. The van der Waals surface area contributed by atoms with Gasteiger partial charge < -0.3 is 4.74 Å². The van der Waals surface area contributed by atoms with Crippen LogP contribution in [-0.4, -0.2) is 18.1 Å². The Hall–Kier alpha value is -2.74. The number of nitrogens with zero attached hydrogens (tertiary/aromatic N) is 2. The lowest BCUT2D eigenvalue weighted by molar-refractivity contribution is 0.0600. The predicted octanol–water partition coefficient (Wildman–Crippen LogP) is 2.55. The molecule has 0 aliphatic heterocycles. The van der Waals surface area contributed by atoms with Gasteiger partial charge in [-0.15, -0.1) is 0 Å². The molecule has 5 heteroatoms. The molecular formula is C14H9FN2O2. The van der Waals surface area contributed by atoms with Crippen molar-refractivity contribution in [1.82, 2.24) is 4.98 Å². The molecule has 19 heavy (non-hydrogen) atoms. The second-order valence-corrected chi connectivity index (χ2v) is 3.72. The van der Waals surface area contributed by atoms with E-state index in [9.17, 15) is 9.18 Å². The molecule has 0 radical (unpaired) electrons. The fraction of sp³-hybridized carbons (Fsp3) is 0.0714. The first-order valence-electron chi connectivity index (χ1n) is 5.39. The molecule has 94 valence electrons. The van der Waals surface area contributed by atoms with E-state index in [1.807, 2.05) is 6.07 Å². The average molecular weight is 256 g/mol. The van der Waals surface area contributed by atoms with Crippen molar-refractivity contribution < 1.29 is 13.9 Å². The van der Waals surface area contributed by atoms with Crippen molar-refractivity contribution in [3.63, 3.8) is 0 Å². The average Bonchev–Trinajstić information content (AvgIpc) is 2.46. The van der Waals surface area contributed by atoms with Gasteiger partial charge in [0.1, 0.15) is 11.9 Å². The number of hydrogen-bond donors (Lipinski definition) is 0. The van der Waals surface area contributed by atoms with Gasteiger partial charge in [0, 0.05) is 23.5 Å². The van der Waals surface area contributed by atoms with Gasteiger partial charge >= 0.3 is 5.97 Å².